The molecule has 8 heteroatoms. The number of hydrogen-bond donors (Lipinski definition) is 1. The second-order valence-corrected chi connectivity index (χ2v) is 8.52. The van der Waals surface area contributed by atoms with Crippen LogP contribution in [-0.4, -0.2) is 61.3 Å². The van der Waals surface area contributed by atoms with E-state index in [1.165, 1.54) is 12.1 Å². The molecule has 7 nitrogen and oxygen atoms in total. The number of anilines is 2. The van der Waals surface area contributed by atoms with Crippen molar-refractivity contribution >= 4 is 17.6 Å². The highest BCUT2D eigenvalue weighted by atomic mass is 19.1. The first kappa shape index (κ1) is 25.2. The number of nitrogens with one attached hydrogen (secondary N) is 1. The molecule has 0 fully saturated rings. The number of aryl methyl sites for hydroxylation is 1. The third-order valence-electron chi connectivity index (χ3n) is 5.69. The molecule has 3 rings (SSSR count). The summed E-state index contributed by atoms with van der Waals surface area (Å²) in [6.07, 6.45) is 0. The van der Waals surface area contributed by atoms with Gasteiger partial charge in [0, 0.05) is 37.4 Å². The van der Waals surface area contributed by atoms with Crippen molar-refractivity contribution in [1.29, 1.82) is 0 Å². The van der Waals surface area contributed by atoms with E-state index in [0.29, 0.717) is 31.2 Å². The van der Waals surface area contributed by atoms with E-state index in [9.17, 15) is 9.18 Å². The van der Waals surface area contributed by atoms with Crippen LogP contribution in [0.3, 0.4) is 0 Å². The lowest BCUT2D eigenvalue weighted by Crippen LogP contribution is -2.39. The third kappa shape index (κ3) is 6.35. The van der Waals surface area contributed by atoms with Gasteiger partial charge in [0.05, 0.1) is 12.1 Å². The van der Waals surface area contributed by atoms with Gasteiger partial charge in [-0.2, -0.15) is 0 Å². The summed E-state index contributed by atoms with van der Waals surface area (Å²) in [4.78, 5) is 19.2. The van der Waals surface area contributed by atoms with Gasteiger partial charge in [0.2, 0.25) is 5.88 Å². The SMILES string of the molecule is CCN(CC)c1onc(-c2ccc(F)cc2)c1CN(CCN(C)C)C(=O)Nc1ccc(C)cc1. The zero-order chi connectivity index (χ0) is 24.7. The van der Waals surface area contributed by atoms with Gasteiger partial charge in [0.25, 0.3) is 0 Å². The van der Waals surface area contributed by atoms with E-state index in [1.807, 2.05) is 64.0 Å². The number of aromatic nitrogens is 1. The summed E-state index contributed by atoms with van der Waals surface area (Å²) in [7, 11) is 3.95. The highest BCUT2D eigenvalue weighted by molar-refractivity contribution is 5.89. The highest BCUT2D eigenvalue weighted by Crippen LogP contribution is 2.33. The van der Waals surface area contributed by atoms with Gasteiger partial charge < -0.3 is 24.5 Å². The average molecular weight is 468 g/mol. The molecule has 0 aliphatic heterocycles. The number of urea groups is 1. The summed E-state index contributed by atoms with van der Waals surface area (Å²) in [6.45, 7) is 9.06. The normalized spacial score (nSPS) is 11.0. The zero-order valence-corrected chi connectivity index (χ0v) is 20.6. The van der Waals surface area contributed by atoms with Crippen LogP contribution < -0.4 is 10.2 Å². The maximum atomic E-state index is 13.6. The smallest absolute Gasteiger partial charge is 0.322 e. The number of halogens is 1. The highest BCUT2D eigenvalue weighted by Gasteiger charge is 2.25. The lowest BCUT2D eigenvalue weighted by Gasteiger charge is -2.26. The molecule has 0 aliphatic carbocycles. The van der Waals surface area contributed by atoms with E-state index in [1.54, 1.807) is 17.0 Å². The second-order valence-electron chi connectivity index (χ2n) is 8.52. The second kappa shape index (κ2) is 11.7. The van der Waals surface area contributed by atoms with E-state index in [4.69, 9.17) is 4.52 Å². The van der Waals surface area contributed by atoms with Crippen LogP contribution in [0, 0.1) is 12.7 Å². The summed E-state index contributed by atoms with van der Waals surface area (Å²) in [6, 6.07) is 13.7. The Morgan fingerprint density at radius 3 is 2.24 bits per heavy atom. The summed E-state index contributed by atoms with van der Waals surface area (Å²) in [5, 5.41) is 7.33. The predicted molar refractivity (Wildman–Crippen MR) is 135 cm³/mol. The van der Waals surface area contributed by atoms with Crippen LogP contribution in [0.1, 0.15) is 25.0 Å². The monoisotopic (exact) mass is 467 g/mol. The number of amides is 2. The van der Waals surface area contributed by atoms with Crippen molar-refractivity contribution in [2.45, 2.75) is 27.3 Å². The van der Waals surface area contributed by atoms with Crippen molar-refractivity contribution in [3.05, 3.63) is 65.5 Å². The van der Waals surface area contributed by atoms with Crippen molar-refractivity contribution < 1.29 is 13.7 Å². The van der Waals surface area contributed by atoms with Crippen LogP contribution in [-0.2, 0) is 6.54 Å². The largest absolute Gasteiger partial charge is 0.341 e. The van der Waals surface area contributed by atoms with Gasteiger partial charge in [-0.15, -0.1) is 0 Å². The molecule has 3 aromatic rings. The number of nitrogens with zero attached hydrogens (tertiary/aromatic N) is 4. The molecule has 0 aliphatic rings. The third-order valence-corrected chi connectivity index (χ3v) is 5.69. The van der Waals surface area contributed by atoms with Crippen LogP contribution in [0.5, 0.6) is 0 Å². The van der Waals surface area contributed by atoms with Gasteiger partial charge >= 0.3 is 6.03 Å². The molecule has 1 heterocycles. The Morgan fingerprint density at radius 1 is 1.00 bits per heavy atom. The molecular formula is C26H34FN5O2. The summed E-state index contributed by atoms with van der Waals surface area (Å²) in [5.41, 5.74) is 4.01. The Balaban J connectivity index is 1.96. The fourth-order valence-corrected chi connectivity index (χ4v) is 3.64. The lowest BCUT2D eigenvalue weighted by molar-refractivity contribution is 0.202. The van der Waals surface area contributed by atoms with Gasteiger partial charge in [-0.3, -0.25) is 0 Å². The fraction of sp³-hybridized carbons (Fsp3) is 0.385. The van der Waals surface area contributed by atoms with Crippen molar-refractivity contribution in [2.75, 3.05) is 50.5 Å². The molecule has 0 unspecified atom stereocenters. The molecule has 0 saturated heterocycles. The van der Waals surface area contributed by atoms with Gasteiger partial charge in [-0.05, 0) is 71.3 Å². The molecule has 0 atom stereocenters. The minimum absolute atomic E-state index is 0.206. The zero-order valence-electron chi connectivity index (χ0n) is 20.6. The number of hydrogen-bond acceptors (Lipinski definition) is 5. The molecule has 0 spiro atoms. The Morgan fingerprint density at radius 2 is 1.65 bits per heavy atom. The van der Waals surface area contributed by atoms with E-state index in [-0.39, 0.29) is 11.8 Å². The van der Waals surface area contributed by atoms with Crippen LogP contribution in [0.2, 0.25) is 0 Å². The topological polar surface area (TPSA) is 64.9 Å². The van der Waals surface area contributed by atoms with Gasteiger partial charge in [-0.1, -0.05) is 22.9 Å². The number of benzene rings is 2. The summed E-state index contributed by atoms with van der Waals surface area (Å²) >= 11 is 0. The number of carbonyl (C=O) groups excluding carboxylic acids is 1. The molecule has 0 saturated carbocycles. The first-order valence-corrected chi connectivity index (χ1v) is 11.6. The van der Waals surface area contributed by atoms with Crippen LogP contribution in [0.25, 0.3) is 11.3 Å². The Hall–Kier alpha value is -3.39. The first-order valence-electron chi connectivity index (χ1n) is 11.6. The first-order chi connectivity index (χ1) is 16.3. The van der Waals surface area contributed by atoms with E-state index in [0.717, 1.165) is 35.5 Å². The fourth-order valence-electron chi connectivity index (χ4n) is 3.64. The molecule has 2 aromatic carbocycles. The van der Waals surface area contributed by atoms with Crippen molar-refractivity contribution in [3.63, 3.8) is 0 Å². The van der Waals surface area contributed by atoms with Crippen molar-refractivity contribution in [1.82, 2.24) is 15.0 Å². The molecule has 1 N–H and O–H groups in total. The molecule has 2 amide bonds. The van der Waals surface area contributed by atoms with Crippen molar-refractivity contribution in [2.24, 2.45) is 0 Å². The molecule has 182 valence electrons. The minimum atomic E-state index is -0.317. The lowest BCUT2D eigenvalue weighted by atomic mass is 10.1. The van der Waals surface area contributed by atoms with E-state index >= 15 is 0 Å². The number of likely N-dealkylation sites (N-methyl/N-ethyl adjacent to an activating group) is 1. The Bertz CT molecular complexity index is 1060. The standard InChI is InChI=1S/C26H34FN5O2/c1-6-31(7-2)25-23(24(29-34-25)20-10-12-21(27)13-11-20)18-32(17-16-30(4)5)26(33)28-22-14-8-19(3)9-15-22/h8-15H,6-7,16-18H2,1-5H3,(H,28,33). The van der Waals surface area contributed by atoms with Crippen LogP contribution >= 0.6 is 0 Å². The molecule has 34 heavy (non-hydrogen) atoms. The van der Waals surface area contributed by atoms with Gasteiger partial charge in [0.1, 0.15) is 11.5 Å². The Kier molecular flexibility index (Phi) is 8.65. The van der Waals surface area contributed by atoms with Gasteiger partial charge in [-0.25, -0.2) is 9.18 Å². The maximum Gasteiger partial charge on any atom is 0.322 e. The quantitative estimate of drug-likeness (QED) is 0.442. The van der Waals surface area contributed by atoms with E-state index in [2.05, 4.69) is 15.4 Å². The maximum absolute atomic E-state index is 13.6. The summed E-state index contributed by atoms with van der Waals surface area (Å²) < 4.78 is 19.3. The predicted octanol–water partition coefficient (Wildman–Crippen LogP) is 5.23. The molecule has 0 radical (unpaired) electrons. The number of carbonyl (C=O) groups is 1. The summed E-state index contributed by atoms with van der Waals surface area (Å²) in [5.74, 6) is 0.310. The molecule has 0 bridgehead atoms. The Labute approximate surface area is 201 Å². The number of rotatable bonds is 10. The molecular weight excluding hydrogens is 433 g/mol. The molecule has 1 aromatic heterocycles. The van der Waals surface area contributed by atoms with Gasteiger partial charge in [0.15, 0.2) is 0 Å². The average Bonchev–Trinajstić information content (AvgIpc) is 3.22. The van der Waals surface area contributed by atoms with Crippen molar-refractivity contribution in [3.8, 4) is 11.3 Å². The van der Waals surface area contributed by atoms with Crippen LogP contribution in [0.4, 0.5) is 20.8 Å². The minimum Gasteiger partial charge on any atom is -0.341 e. The van der Waals surface area contributed by atoms with Crippen LogP contribution in [0.15, 0.2) is 53.1 Å². The van der Waals surface area contributed by atoms with E-state index < -0.39 is 0 Å².